The summed E-state index contributed by atoms with van der Waals surface area (Å²) >= 11 is 13.2. The molecular weight excluding hydrogens is 717 g/mol. The predicted molar refractivity (Wildman–Crippen MR) is 196 cm³/mol. The van der Waals surface area contributed by atoms with Crippen molar-refractivity contribution in [2.75, 3.05) is 18.8 Å². The van der Waals surface area contributed by atoms with Gasteiger partial charge in [0.1, 0.15) is 16.4 Å². The van der Waals surface area contributed by atoms with Crippen LogP contribution in [0.1, 0.15) is 104 Å². The van der Waals surface area contributed by atoms with E-state index in [0.717, 1.165) is 51.4 Å². The van der Waals surface area contributed by atoms with Gasteiger partial charge in [-0.25, -0.2) is 13.2 Å². The lowest BCUT2D eigenvalue weighted by molar-refractivity contribution is -0.144. The number of carbonyl (C=O) groups excluding carboxylic acids is 5. The largest absolute Gasteiger partial charge is 0.346 e. The molecule has 0 spiro atoms. The van der Waals surface area contributed by atoms with Crippen LogP contribution in [0.2, 0.25) is 0 Å². The van der Waals surface area contributed by atoms with Crippen LogP contribution in [0.5, 0.6) is 0 Å². The Kier molecular flexibility index (Phi) is 12.1. The van der Waals surface area contributed by atoms with Crippen LogP contribution in [-0.4, -0.2) is 94.4 Å². The first-order valence-electron chi connectivity index (χ1n) is 18.6. The lowest BCUT2D eigenvalue weighted by atomic mass is 9.82. The molecular formula is C36H55Cl2N5O7S. The van der Waals surface area contributed by atoms with Crippen LogP contribution in [0.4, 0.5) is 4.79 Å². The van der Waals surface area contributed by atoms with Crippen molar-refractivity contribution in [2.45, 2.75) is 137 Å². The molecule has 4 aliphatic carbocycles. The van der Waals surface area contributed by atoms with Gasteiger partial charge in [-0.3, -0.25) is 19.2 Å². The number of urea groups is 1. The summed E-state index contributed by atoms with van der Waals surface area (Å²) in [5.41, 5.74) is -0.968. The van der Waals surface area contributed by atoms with E-state index in [1.165, 1.54) is 11.0 Å². The Hall–Kier alpha value is -2.38. The van der Waals surface area contributed by atoms with Crippen LogP contribution in [0.25, 0.3) is 0 Å². The minimum Gasteiger partial charge on any atom is -0.346 e. The summed E-state index contributed by atoms with van der Waals surface area (Å²) in [7, 11) is -3.58. The summed E-state index contributed by atoms with van der Waals surface area (Å²) in [6.45, 7) is 8.71. The molecule has 0 bridgehead atoms. The van der Waals surface area contributed by atoms with E-state index in [4.69, 9.17) is 23.2 Å². The minimum absolute atomic E-state index is 0.0932. The van der Waals surface area contributed by atoms with Crippen molar-refractivity contribution in [1.29, 1.82) is 0 Å². The first kappa shape index (κ1) is 39.8. The van der Waals surface area contributed by atoms with Gasteiger partial charge in [0.25, 0.3) is 5.91 Å². The molecule has 1 aliphatic heterocycles. The van der Waals surface area contributed by atoms with Crippen molar-refractivity contribution in [2.24, 2.45) is 23.7 Å². The molecule has 1 saturated heterocycles. The van der Waals surface area contributed by atoms with E-state index < -0.39 is 78.0 Å². The molecule has 286 valence electrons. The van der Waals surface area contributed by atoms with Crippen molar-refractivity contribution in [3.05, 3.63) is 12.7 Å². The molecule has 15 heteroatoms. The maximum Gasteiger partial charge on any atom is 0.315 e. The molecule has 0 radical (unpaired) electrons. The third-order valence-corrected chi connectivity index (χ3v) is 15.5. The second kappa shape index (κ2) is 15.5. The number of fused-ring (bicyclic) bond motifs is 1. The lowest BCUT2D eigenvalue weighted by Crippen LogP contribution is -2.63. The van der Waals surface area contributed by atoms with Crippen LogP contribution < -0.4 is 21.3 Å². The van der Waals surface area contributed by atoms with Gasteiger partial charge in [0.2, 0.25) is 17.6 Å². The molecule has 5 atom stereocenters. The Morgan fingerprint density at radius 1 is 0.941 bits per heavy atom. The number of alkyl halides is 2. The summed E-state index contributed by atoms with van der Waals surface area (Å²) in [4.78, 5) is 69.8. The molecule has 5 fully saturated rings. The second-order valence-corrected chi connectivity index (χ2v) is 20.7. The quantitative estimate of drug-likeness (QED) is 0.118. The second-order valence-electron chi connectivity index (χ2n) is 16.5. The molecule has 4 saturated carbocycles. The monoisotopic (exact) mass is 771 g/mol. The molecule has 5 aliphatic rings. The molecule has 4 N–H and O–H groups in total. The average molecular weight is 773 g/mol. The zero-order valence-corrected chi connectivity index (χ0v) is 32.4. The molecule has 12 nitrogen and oxygen atoms in total. The van der Waals surface area contributed by atoms with Crippen molar-refractivity contribution in [3.8, 4) is 0 Å². The van der Waals surface area contributed by atoms with Gasteiger partial charge in [0, 0.05) is 24.9 Å². The molecule has 1 heterocycles. The van der Waals surface area contributed by atoms with E-state index in [1.54, 1.807) is 20.8 Å². The highest BCUT2D eigenvalue weighted by Crippen LogP contribution is 2.65. The Morgan fingerprint density at radius 3 is 2.16 bits per heavy atom. The normalized spacial score (nSPS) is 26.9. The lowest BCUT2D eigenvalue weighted by Gasteiger charge is -2.41. The molecule has 0 aromatic rings. The summed E-state index contributed by atoms with van der Waals surface area (Å²) in [6, 6.07) is -3.79. The van der Waals surface area contributed by atoms with Gasteiger partial charge < -0.3 is 26.2 Å². The number of nitrogens with one attached hydrogen (secondary N) is 4. The Bertz CT molecular complexity index is 1480. The topological polar surface area (TPSA) is 171 Å². The van der Waals surface area contributed by atoms with E-state index in [-0.39, 0.29) is 36.6 Å². The fourth-order valence-electron chi connectivity index (χ4n) is 8.28. The summed E-state index contributed by atoms with van der Waals surface area (Å²) < 4.78 is 24.5. The Balaban J connectivity index is 1.37. The Labute approximate surface area is 312 Å². The van der Waals surface area contributed by atoms with Gasteiger partial charge in [0.15, 0.2) is 9.84 Å². The fraction of sp³-hybridized carbons (Fsp3) is 0.806. The highest BCUT2D eigenvalue weighted by Gasteiger charge is 2.74. The number of amides is 5. The number of nitrogens with zero attached hydrogens (tertiary/aromatic N) is 1. The summed E-state index contributed by atoms with van der Waals surface area (Å²) in [5.74, 6) is -3.83. The zero-order valence-electron chi connectivity index (χ0n) is 30.1. The maximum absolute atomic E-state index is 14.6. The number of piperidine rings is 1. The first-order chi connectivity index (χ1) is 23.9. The van der Waals surface area contributed by atoms with Crippen LogP contribution in [0, 0.1) is 23.7 Å². The first-order valence-corrected chi connectivity index (χ1v) is 21.0. The van der Waals surface area contributed by atoms with Crippen molar-refractivity contribution in [3.63, 3.8) is 0 Å². The standard InChI is InChI=1S/C36H55Cl2N5O7S/c1-5-18-39-31(46)29(44)25(19-22-14-15-22)40-30(45)28-26-24(36(26,37)38)20-43(28)32(47)27(23-12-8-6-9-13-23)41-33(48)42-35(16-10-7-11-17-35)21-51(49,50)34(2,3)4/h5,22-28H,1,6-21H2,2-4H3,(H,39,46)(H,40,45)(H2,41,42,48)/t24?,25?,26?,27-,28-/m0/s1. The molecule has 3 unspecified atom stereocenters. The van der Waals surface area contributed by atoms with E-state index in [1.807, 2.05) is 0 Å². The molecule has 5 rings (SSSR count). The number of likely N-dealkylation sites (tertiary alicyclic amines) is 1. The van der Waals surface area contributed by atoms with Gasteiger partial charge in [-0.1, -0.05) is 57.4 Å². The minimum atomic E-state index is -3.58. The molecule has 0 aromatic carbocycles. The molecule has 0 aromatic heterocycles. The number of rotatable bonds is 14. The van der Waals surface area contributed by atoms with Crippen molar-refractivity contribution >= 4 is 62.6 Å². The fourth-order valence-corrected chi connectivity index (χ4v) is 10.6. The molecule has 5 amide bonds. The van der Waals surface area contributed by atoms with Crippen molar-refractivity contribution < 1.29 is 32.4 Å². The number of sulfone groups is 1. The van der Waals surface area contributed by atoms with E-state index in [9.17, 15) is 32.4 Å². The van der Waals surface area contributed by atoms with Crippen LogP contribution >= 0.6 is 23.2 Å². The third kappa shape index (κ3) is 9.05. The van der Waals surface area contributed by atoms with E-state index in [0.29, 0.717) is 32.1 Å². The number of halogens is 2. The predicted octanol–water partition coefficient (Wildman–Crippen LogP) is 3.94. The van der Waals surface area contributed by atoms with E-state index in [2.05, 4.69) is 27.8 Å². The Morgan fingerprint density at radius 2 is 1.57 bits per heavy atom. The summed E-state index contributed by atoms with van der Waals surface area (Å²) in [6.07, 6.45) is 11.2. The highest BCUT2D eigenvalue weighted by molar-refractivity contribution is 7.92. The van der Waals surface area contributed by atoms with Gasteiger partial charge >= 0.3 is 6.03 Å². The van der Waals surface area contributed by atoms with Gasteiger partial charge in [-0.2, -0.15) is 0 Å². The summed E-state index contributed by atoms with van der Waals surface area (Å²) in [5, 5.41) is 11.2. The number of carbonyl (C=O) groups is 5. The third-order valence-electron chi connectivity index (χ3n) is 11.7. The smallest absolute Gasteiger partial charge is 0.315 e. The number of ketones is 1. The number of hydrogen-bond acceptors (Lipinski definition) is 7. The van der Waals surface area contributed by atoms with Gasteiger partial charge in [0.05, 0.1) is 22.1 Å². The van der Waals surface area contributed by atoms with Crippen molar-refractivity contribution in [1.82, 2.24) is 26.2 Å². The van der Waals surface area contributed by atoms with Gasteiger partial charge in [-0.05, 0) is 64.7 Å². The van der Waals surface area contributed by atoms with Crippen LogP contribution in [0.15, 0.2) is 12.7 Å². The SMILES string of the molecule is C=CCNC(=O)C(=O)C(CC1CC1)NC(=O)[C@@H]1C2C(CN1C(=O)[C@@H](NC(=O)NC1(CS(=O)(=O)C(C)(C)C)CCCCC1)C1CCCCC1)C2(Cl)Cl. The van der Waals surface area contributed by atoms with Crippen LogP contribution in [0.3, 0.4) is 0 Å². The maximum atomic E-state index is 14.6. The zero-order chi connectivity index (χ0) is 37.4. The number of hydrogen-bond donors (Lipinski definition) is 4. The van der Waals surface area contributed by atoms with Crippen LogP contribution in [-0.2, 0) is 29.0 Å². The number of Topliss-reactive ketones (excluding diaryl/α,β-unsaturated/α-hetero) is 1. The van der Waals surface area contributed by atoms with E-state index >= 15 is 0 Å². The van der Waals surface area contributed by atoms with Gasteiger partial charge in [-0.15, -0.1) is 29.8 Å². The average Bonchev–Trinajstić information content (AvgIpc) is 3.92. The highest BCUT2D eigenvalue weighted by atomic mass is 35.5. The molecule has 51 heavy (non-hydrogen) atoms.